The molecule has 0 unspecified atom stereocenters. The molecule has 0 radical (unpaired) electrons. The van der Waals surface area contributed by atoms with Gasteiger partial charge in [0.05, 0.1) is 12.5 Å². The zero-order valence-corrected chi connectivity index (χ0v) is 10.4. The maximum Gasteiger partial charge on any atom is 0.226 e. The summed E-state index contributed by atoms with van der Waals surface area (Å²) in [4.78, 5) is 7.93. The number of anilines is 1. The van der Waals surface area contributed by atoms with E-state index in [0.717, 1.165) is 0 Å². The van der Waals surface area contributed by atoms with Crippen molar-refractivity contribution in [3.63, 3.8) is 0 Å². The molecule has 2 aromatic heterocycles. The number of fused-ring (bicyclic) bond motifs is 1. The van der Waals surface area contributed by atoms with Gasteiger partial charge in [0.2, 0.25) is 5.88 Å². The molecule has 0 saturated carbocycles. The van der Waals surface area contributed by atoms with Crippen LogP contribution in [0, 0.1) is 19.7 Å². The molecule has 0 spiro atoms. The van der Waals surface area contributed by atoms with E-state index < -0.39 is 5.82 Å². The van der Waals surface area contributed by atoms with Gasteiger partial charge in [-0.25, -0.2) is 9.37 Å². The van der Waals surface area contributed by atoms with Gasteiger partial charge in [0.25, 0.3) is 0 Å². The van der Waals surface area contributed by atoms with Crippen LogP contribution in [0.25, 0.3) is 10.8 Å². The second-order valence-corrected chi connectivity index (χ2v) is 4.04. The van der Waals surface area contributed by atoms with Crippen molar-refractivity contribution in [3.8, 4) is 5.88 Å². The van der Waals surface area contributed by atoms with Gasteiger partial charge in [-0.15, -0.1) is 0 Å². The SMILES string of the molecule is COc1nc(Cl)c(F)c2c(C)c(C)nc(N)c12. The fourth-order valence-electron chi connectivity index (χ4n) is 1.75. The highest BCUT2D eigenvalue weighted by Gasteiger charge is 2.19. The van der Waals surface area contributed by atoms with Crippen LogP contribution in [0.1, 0.15) is 11.3 Å². The third kappa shape index (κ3) is 1.67. The average molecular weight is 256 g/mol. The zero-order chi connectivity index (χ0) is 12.7. The van der Waals surface area contributed by atoms with E-state index in [-0.39, 0.29) is 16.9 Å². The van der Waals surface area contributed by atoms with Crippen molar-refractivity contribution in [2.24, 2.45) is 0 Å². The fraction of sp³-hybridized carbons (Fsp3) is 0.273. The van der Waals surface area contributed by atoms with Crippen LogP contribution in [0.15, 0.2) is 0 Å². The average Bonchev–Trinajstić information content (AvgIpc) is 2.29. The van der Waals surface area contributed by atoms with Gasteiger partial charge in [-0.05, 0) is 19.4 Å². The normalized spacial score (nSPS) is 10.9. The Labute approximate surface area is 103 Å². The lowest BCUT2D eigenvalue weighted by atomic mass is 10.1. The van der Waals surface area contributed by atoms with E-state index >= 15 is 0 Å². The van der Waals surface area contributed by atoms with Gasteiger partial charge in [-0.3, -0.25) is 0 Å². The number of nitrogens with two attached hydrogens (primary N) is 1. The Bertz CT molecular complexity index is 607. The summed E-state index contributed by atoms with van der Waals surface area (Å²) in [5.41, 5.74) is 7.11. The van der Waals surface area contributed by atoms with E-state index in [1.807, 2.05) is 0 Å². The minimum atomic E-state index is -0.600. The van der Waals surface area contributed by atoms with Crippen molar-refractivity contribution >= 4 is 28.2 Å². The van der Waals surface area contributed by atoms with Crippen LogP contribution in [0.2, 0.25) is 5.15 Å². The van der Waals surface area contributed by atoms with Gasteiger partial charge in [0.15, 0.2) is 11.0 Å². The highest BCUT2D eigenvalue weighted by molar-refractivity contribution is 6.30. The van der Waals surface area contributed by atoms with Crippen LogP contribution in [0.4, 0.5) is 10.2 Å². The first-order valence-electron chi connectivity index (χ1n) is 4.92. The Balaban J connectivity index is 3.08. The lowest BCUT2D eigenvalue weighted by Gasteiger charge is -2.12. The molecule has 2 N–H and O–H groups in total. The number of hydrogen-bond acceptors (Lipinski definition) is 4. The molecule has 90 valence electrons. The molecule has 2 rings (SSSR count). The number of ether oxygens (including phenoxy) is 1. The third-order valence-corrected chi connectivity index (χ3v) is 2.97. The molecule has 0 aliphatic rings. The van der Waals surface area contributed by atoms with Crippen molar-refractivity contribution < 1.29 is 9.13 Å². The summed E-state index contributed by atoms with van der Waals surface area (Å²) in [7, 11) is 1.42. The van der Waals surface area contributed by atoms with Crippen molar-refractivity contribution in [2.75, 3.05) is 12.8 Å². The minimum Gasteiger partial charge on any atom is -0.480 e. The molecule has 4 nitrogen and oxygen atoms in total. The van der Waals surface area contributed by atoms with E-state index in [1.165, 1.54) is 7.11 Å². The molecular formula is C11H11ClFN3O. The number of aromatic nitrogens is 2. The van der Waals surface area contributed by atoms with E-state index in [1.54, 1.807) is 13.8 Å². The maximum atomic E-state index is 14.0. The van der Waals surface area contributed by atoms with Crippen LogP contribution >= 0.6 is 11.6 Å². The van der Waals surface area contributed by atoms with Crippen LogP contribution in [-0.4, -0.2) is 17.1 Å². The first kappa shape index (κ1) is 11.9. The van der Waals surface area contributed by atoms with Gasteiger partial charge in [0, 0.05) is 11.1 Å². The van der Waals surface area contributed by atoms with Crippen LogP contribution < -0.4 is 10.5 Å². The second-order valence-electron chi connectivity index (χ2n) is 3.68. The van der Waals surface area contributed by atoms with Crippen LogP contribution in [-0.2, 0) is 0 Å². The summed E-state index contributed by atoms with van der Waals surface area (Å²) in [6.45, 7) is 3.51. The van der Waals surface area contributed by atoms with Gasteiger partial charge in [-0.2, -0.15) is 4.98 Å². The second kappa shape index (κ2) is 4.00. The minimum absolute atomic E-state index is 0.180. The Morgan fingerprint density at radius 3 is 2.47 bits per heavy atom. The zero-order valence-electron chi connectivity index (χ0n) is 9.64. The monoisotopic (exact) mass is 255 g/mol. The fourth-order valence-corrected chi connectivity index (χ4v) is 1.92. The maximum absolute atomic E-state index is 14.0. The molecule has 0 amide bonds. The molecule has 6 heteroatoms. The van der Waals surface area contributed by atoms with Crippen molar-refractivity contribution in [2.45, 2.75) is 13.8 Å². The Kier molecular flexibility index (Phi) is 2.79. The molecule has 17 heavy (non-hydrogen) atoms. The Morgan fingerprint density at radius 2 is 1.88 bits per heavy atom. The molecule has 0 fully saturated rings. The Hall–Kier alpha value is -1.62. The van der Waals surface area contributed by atoms with Crippen molar-refractivity contribution in [3.05, 3.63) is 22.2 Å². The largest absolute Gasteiger partial charge is 0.480 e. The molecule has 0 aromatic carbocycles. The first-order chi connectivity index (χ1) is 7.97. The number of rotatable bonds is 1. The summed E-state index contributed by atoms with van der Waals surface area (Å²) >= 11 is 5.72. The molecule has 0 aliphatic carbocycles. The number of methoxy groups -OCH3 is 1. The quantitative estimate of drug-likeness (QED) is 0.796. The number of nitrogens with zero attached hydrogens (tertiary/aromatic N) is 2. The number of hydrogen-bond donors (Lipinski definition) is 1. The molecule has 0 aliphatic heterocycles. The van der Waals surface area contributed by atoms with E-state index in [9.17, 15) is 4.39 Å². The van der Waals surface area contributed by atoms with Gasteiger partial charge < -0.3 is 10.5 Å². The van der Waals surface area contributed by atoms with Gasteiger partial charge in [0.1, 0.15) is 5.82 Å². The first-order valence-corrected chi connectivity index (χ1v) is 5.30. The number of aryl methyl sites for hydroxylation is 2. The van der Waals surface area contributed by atoms with Gasteiger partial charge >= 0.3 is 0 Å². The molecule has 0 saturated heterocycles. The highest BCUT2D eigenvalue weighted by Crippen LogP contribution is 2.35. The Morgan fingerprint density at radius 1 is 1.24 bits per heavy atom. The molecular weight excluding hydrogens is 245 g/mol. The number of nitrogen functional groups attached to an aromatic ring is 1. The van der Waals surface area contributed by atoms with Crippen molar-refractivity contribution in [1.29, 1.82) is 0 Å². The van der Waals surface area contributed by atoms with Crippen LogP contribution in [0.5, 0.6) is 5.88 Å². The lowest BCUT2D eigenvalue weighted by Crippen LogP contribution is -2.03. The predicted molar refractivity (Wildman–Crippen MR) is 64.9 cm³/mol. The third-order valence-electron chi connectivity index (χ3n) is 2.72. The standard InChI is InChI=1S/C11H11ClFN3O/c1-4-5(2)15-10(14)7-6(4)8(13)9(12)16-11(7)17-3/h1-3H3,(H2,14,15). The summed E-state index contributed by atoms with van der Waals surface area (Å²) < 4.78 is 19.1. The summed E-state index contributed by atoms with van der Waals surface area (Å²) in [5, 5.41) is 0.437. The van der Waals surface area contributed by atoms with Crippen molar-refractivity contribution in [1.82, 2.24) is 9.97 Å². The molecule has 2 heterocycles. The molecule has 0 atom stereocenters. The van der Waals surface area contributed by atoms with E-state index in [2.05, 4.69) is 9.97 Å². The van der Waals surface area contributed by atoms with E-state index in [0.29, 0.717) is 22.0 Å². The lowest BCUT2D eigenvalue weighted by molar-refractivity contribution is 0.402. The number of pyridine rings is 2. The number of halogens is 2. The summed E-state index contributed by atoms with van der Waals surface area (Å²) in [6.07, 6.45) is 0. The van der Waals surface area contributed by atoms with Crippen LogP contribution in [0.3, 0.4) is 0 Å². The molecule has 0 bridgehead atoms. The van der Waals surface area contributed by atoms with Gasteiger partial charge in [-0.1, -0.05) is 11.6 Å². The van der Waals surface area contributed by atoms with E-state index in [4.69, 9.17) is 22.1 Å². The summed E-state index contributed by atoms with van der Waals surface area (Å²) in [6, 6.07) is 0. The molecule has 2 aromatic rings. The predicted octanol–water partition coefficient (Wildman–Crippen LogP) is 2.63. The summed E-state index contributed by atoms with van der Waals surface area (Å²) in [5.74, 6) is -0.236. The smallest absolute Gasteiger partial charge is 0.226 e. The topological polar surface area (TPSA) is 61.0 Å². The highest BCUT2D eigenvalue weighted by atomic mass is 35.5.